The van der Waals surface area contributed by atoms with Crippen LogP contribution in [-0.4, -0.2) is 12.1 Å². The van der Waals surface area contributed by atoms with E-state index in [-0.39, 0.29) is 11.1 Å². The van der Waals surface area contributed by atoms with Gasteiger partial charge in [0.15, 0.2) is 0 Å². The van der Waals surface area contributed by atoms with Gasteiger partial charge in [-0.15, -0.1) is 0 Å². The van der Waals surface area contributed by atoms with Crippen LogP contribution in [0.2, 0.25) is 0 Å². The molecule has 1 fully saturated rings. The molecule has 0 radical (unpaired) electrons. The molecule has 3 rings (SSSR count). The third kappa shape index (κ3) is 3.14. The number of nitrogens with one attached hydrogen (secondary N) is 1. The number of H-pyrrole nitrogens is 1. The van der Waals surface area contributed by atoms with Crippen molar-refractivity contribution in [3.8, 4) is 22.9 Å². The van der Waals surface area contributed by atoms with Crippen LogP contribution in [0.5, 0.6) is 5.75 Å². The van der Waals surface area contributed by atoms with Crippen molar-refractivity contribution in [2.45, 2.75) is 38.0 Å². The van der Waals surface area contributed by atoms with E-state index in [9.17, 15) is 10.1 Å². The Hall–Kier alpha value is -2.54. The van der Waals surface area contributed by atoms with E-state index in [4.69, 9.17) is 4.74 Å². The Labute approximate surface area is 135 Å². The number of ether oxygens (including phenoxy) is 1. The Kier molecular flexibility index (Phi) is 4.47. The Bertz CT molecular complexity index is 778. The predicted molar refractivity (Wildman–Crippen MR) is 89.6 cm³/mol. The van der Waals surface area contributed by atoms with E-state index in [0.717, 1.165) is 29.8 Å². The van der Waals surface area contributed by atoms with E-state index >= 15 is 0 Å². The molecule has 1 aliphatic carbocycles. The van der Waals surface area contributed by atoms with Crippen molar-refractivity contribution in [2.75, 3.05) is 7.11 Å². The molecule has 0 aliphatic heterocycles. The first-order chi connectivity index (χ1) is 11.2. The van der Waals surface area contributed by atoms with Crippen molar-refractivity contribution in [1.29, 1.82) is 5.26 Å². The van der Waals surface area contributed by atoms with Gasteiger partial charge in [0.1, 0.15) is 17.4 Å². The van der Waals surface area contributed by atoms with Crippen LogP contribution < -0.4 is 10.3 Å². The molecule has 0 amide bonds. The maximum atomic E-state index is 12.3. The molecule has 0 bridgehead atoms. The zero-order chi connectivity index (χ0) is 16.2. The lowest BCUT2D eigenvalue weighted by atomic mass is 9.85. The predicted octanol–water partition coefficient (Wildman–Crippen LogP) is 3.97. The molecule has 0 saturated heterocycles. The summed E-state index contributed by atoms with van der Waals surface area (Å²) >= 11 is 0. The molecule has 0 spiro atoms. The van der Waals surface area contributed by atoms with Crippen LogP contribution in [0.25, 0.3) is 11.1 Å². The first-order valence-electron chi connectivity index (χ1n) is 8.04. The summed E-state index contributed by atoms with van der Waals surface area (Å²) in [6, 6.07) is 11.5. The van der Waals surface area contributed by atoms with Gasteiger partial charge in [0.2, 0.25) is 0 Å². The Balaban J connectivity index is 2.07. The van der Waals surface area contributed by atoms with Gasteiger partial charge in [0, 0.05) is 11.3 Å². The van der Waals surface area contributed by atoms with E-state index in [0.29, 0.717) is 11.5 Å². The van der Waals surface area contributed by atoms with Crippen molar-refractivity contribution < 1.29 is 4.74 Å². The van der Waals surface area contributed by atoms with Crippen molar-refractivity contribution in [3.05, 3.63) is 51.9 Å². The first kappa shape index (κ1) is 15.4. The fourth-order valence-corrected chi connectivity index (χ4v) is 3.32. The molecular weight excluding hydrogens is 288 g/mol. The topological polar surface area (TPSA) is 65.9 Å². The highest BCUT2D eigenvalue weighted by Gasteiger charge is 2.19. The molecular formula is C19H20N2O2. The van der Waals surface area contributed by atoms with E-state index in [1.54, 1.807) is 7.11 Å². The second kappa shape index (κ2) is 6.70. The molecule has 1 heterocycles. The van der Waals surface area contributed by atoms with Crippen LogP contribution in [-0.2, 0) is 0 Å². The largest absolute Gasteiger partial charge is 0.497 e. The van der Waals surface area contributed by atoms with Crippen LogP contribution in [0, 0.1) is 11.3 Å². The average molecular weight is 308 g/mol. The highest BCUT2D eigenvalue weighted by Crippen LogP contribution is 2.33. The van der Waals surface area contributed by atoms with Crippen LogP contribution in [0.4, 0.5) is 0 Å². The van der Waals surface area contributed by atoms with Crippen molar-refractivity contribution in [3.63, 3.8) is 0 Å². The van der Waals surface area contributed by atoms with E-state index in [2.05, 4.69) is 4.98 Å². The number of nitrogens with zero attached hydrogens (tertiary/aromatic N) is 1. The minimum absolute atomic E-state index is 0.176. The summed E-state index contributed by atoms with van der Waals surface area (Å²) in [5, 5.41) is 9.37. The Morgan fingerprint density at radius 3 is 2.48 bits per heavy atom. The van der Waals surface area contributed by atoms with Gasteiger partial charge in [-0.05, 0) is 42.5 Å². The van der Waals surface area contributed by atoms with Gasteiger partial charge in [-0.3, -0.25) is 4.79 Å². The molecule has 2 aromatic rings. The molecule has 1 N–H and O–H groups in total. The van der Waals surface area contributed by atoms with Crippen molar-refractivity contribution in [1.82, 2.24) is 4.98 Å². The van der Waals surface area contributed by atoms with Crippen LogP contribution in [0.15, 0.2) is 35.1 Å². The smallest absolute Gasteiger partial charge is 0.266 e. The molecule has 1 aromatic carbocycles. The number of aromatic amines is 1. The number of hydrogen-bond donors (Lipinski definition) is 1. The number of benzene rings is 1. The molecule has 1 aromatic heterocycles. The summed E-state index contributed by atoms with van der Waals surface area (Å²) < 4.78 is 5.17. The summed E-state index contributed by atoms with van der Waals surface area (Å²) in [7, 11) is 1.62. The fourth-order valence-electron chi connectivity index (χ4n) is 3.32. The fraction of sp³-hybridized carbons (Fsp3) is 0.368. The third-order valence-electron chi connectivity index (χ3n) is 4.61. The number of hydrogen-bond acceptors (Lipinski definition) is 3. The lowest BCUT2D eigenvalue weighted by Gasteiger charge is -2.22. The highest BCUT2D eigenvalue weighted by atomic mass is 16.5. The maximum absolute atomic E-state index is 12.3. The molecule has 23 heavy (non-hydrogen) atoms. The molecule has 1 saturated carbocycles. The van der Waals surface area contributed by atoms with Gasteiger partial charge in [-0.1, -0.05) is 31.4 Å². The zero-order valence-corrected chi connectivity index (χ0v) is 13.3. The maximum Gasteiger partial charge on any atom is 0.266 e. The summed E-state index contributed by atoms with van der Waals surface area (Å²) in [4.78, 5) is 15.3. The normalized spacial score (nSPS) is 15.1. The average Bonchev–Trinajstić information content (AvgIpc) is 2.62. The molecule has 0 unspecified atom stereocenters. The Morgan fingerprint density at radius 2 is 1.87 bits per heavy atom. The monoisotopic (exact) mass is 308 g/mol. The minimum Gasteiger partial charge on any atom is -0.497 e. The number of methoxy groups -OCH3 is 1. The summed E-state index contributed by atoms with van der Waals surface area (Å²) in [6.07, 6.45) is 5.87. The lowest BCUT2D eigenvalue weighted by molar-refractivity contribution is 0.415. The van der Waals surface area contributed by atoms with Gasteiger partial charge in [0.25, 0.3) is 5.56 Å². The summed E-state index contributed by atoms with van der Waals surface area (Å²) in [6.45, 7) is 0. The van der Waals surface area contributed by atoms with Crippen LogP contribution in [0.1, 0.15) is 49.3 Å². The van der Waals surface area contributed by atoms with Gasteiger partial charge in [-0.2, -0.15) is 5.26 Å². The number of rotatable bonds is 3. The quantitative estimate of drug-likeness (QED) is 0.933. The molecule has 4 nitrogen and oxygen atoms in total. The second-order valence-electron chi connectivity index (χ2n) is 6.02. The molecule has 0 atom stereocenters. The minimum atomic E-state index is -0.290. The first-order valence-corrected chi connectivity index (χ1v) is 8.04. The second-order valence-corrected chi connectivity index (χ2v) is 6.02. The van der Waals surface area contributed by atoms with E-state index < -0.39 is 0 Å². The van der Waals surface area contributed by atoms with Crippen molar-refractivity contribution in [2.24, 2.45) is 0 Å². The SMILES string of the molecule is COc1ccc(-c2cc(C3CCCCC3)[nH]c(=O)c2C#N)cc1. The van der Waals surface area contributed by atoms with Gasteiger partial charge < -0.3 is 9.72 Å². The third-order valence-corrected chi connectivity index (χ3v) is 4.61. The van der Waals surface area contributed by atoms with Crippen LogP contribution in [0.3, 0.4) is 0 Å². The van der Waals surface area contributed by atoms with E-state index in [1.165, 1.54) is 19.3 Å². The summed E-state index contributed by atoms with van der Waals surface area (Å²) in [5.74, 6) is 1.14. The summed E-state index contributed by atoms with van der Waals surface area (Å²) in [5.41, 5.74) is 2.42. The van der Waals surface area contributed by atoms with Crippen molar-refractivity contribution >= 4 is 0 Å². The highest BCUT2D eigenvalue weighted by molar-refractivity contribution is 5.71. The van der Waals surface area contributed by atoms with Crippen LogP contribution >= 0.6 is 0 Å². The van der Waals surface area contributed by atoms with Gasteiger partial charge >= 0.3 is 0 Å². The zero-order valence-electron chi connectivity index (χ0n) is 13.3. The number of nitriles is 1. The molecule has 4 heteroatoms. The Morgan fingerprint density at radius 1 is 1.17 bits per heavy atom. The molecule has 1 aliphatic rings. The number of pyridine rings is 1. The molecule has 118 valence electrons. The van der Waals surface area contributed by atoms with E-state index in [1.807, 2.05) is 36.4 Å². The van der Waals surface area contributed by atoms with Gasteiger partial charge in [0.05, 0.1) is 7.11 Å². The van der Waals surface area contributed by atoms with Gasteiger partial charge in [-0.25, -0.2) is 0 Å². The standard InChI is InChI=1S/C19H20N2O2/c1-23-15-9-7-13(8-10-15)16-11-18(14-5-3-2-4-6-14)21-19(22)17(16)12-20/h7-11,14H,2-6H2,1H3,(H,21,22). The lowest BCUT2D eigenvalue weighted by Crippen LogP contribution is -2.17. The number of aromatic nitrogens is 1.